The number of amides is 1. The zero-order valence-corrected chi connectivity index (χ0v) is 17.6. The van der Waals surface area contributed by atoms with Crippen molar-refractivity contribution in [2.45, 2.75) is 50.0 Å². The van der Waals surface area contributed by atoms with E-state index in [9.17, 15) is 4.79 Å². The fraction of sp³-hybridized carbons (Fsp3) is 0.522. The van der Waals surface area contributed by atoms with Crippen molar-refractivity contribution >= 4 is 17.4 Å². The molecule has 30 heavy (non-hydrogen) atoms. The zero-order valence-electron chi connectivity index (χ0n) is 17.6. The van der Waals surface area contributed by atoms with Crippen molar-refractivity contribution in [3.63, 3.8) is 0 Å². The molecule has 2 unspecified atom stereocenters. The van der Waals surface area contributed by atoms with Gasteiger partial charge in [0, 0.05) is 36.0 Å². The minimum absolute atomic E-state index is 0.0339. The van der Waals surface area contributed by atoms with E-state index in [1.807, 2.05) is 6.07 Å². The highest BCUT2D eigenvalue weighted by atomic mass is 16.5. The fourth-order valence-electron chi connectivity index (χ4n) is 5.63. The van der Waals surface area contributed by atoms with Crippen molar-refractivity contribution in [1.82, 2.24) is 15.3 Å². The predicted molar refractivity (Wildman–Crippen MR) is 115 cm³/mol. The summed E-state index contributed by atoms with van der Waals surface area (Å²) in [7, 11) is 1.53. The molecule has 1 fully saturated rings. The first-order valence-corrected chi connectivity index (χ1v) is 10.8. The van der Waals surface area contributed by atoms with Crippen LogP contribution in [0.2, 0.25) is 0 Å². The summed E-state index contributed by atoms with van der Waals surface area (Å²) in [6, 6.07) is 6.23. The Labute approximate surface area is 177 Å². The van der Waals surface area contributed by atoms with Gasteiger partial charge in [0.2, 0.25) is 0 Å². The monoisotopic (exact) mass is 407 g/mol. The highest BCUT2D eigenvalue weighted by Crippen LogP contribution is 2.51. The molecule has 0 saturated carbocycles. The van der Waals surface area contributed by atoms with Gasteiger partial charge < -0.3 is 20.7 Å². The molecule has 1 amide bonds. The summed E-state index contributed by atoms with van der Waals surface area (Å²) in [6.07, 6.45) is 5.24. The number of hydrogen-bond donors (Lipinski definition) is 2. The third-order valence-corrected chi connectivity index (χ3v) is 7.21. The van der Waals surface area contributed by atoms with Gasteiger partial charge in [-0.25, -0.2) is 9.97 Å². The molecule has 1 aliphatic carbocycles. The molecule has 7 heteroatoms. The summed E-state index contributed by atoms with van der Waals surface area (Å²) in [6.45, 7) is 5.14. The van der Waals surface area contributed by atoms with Gasteiger partial charge in [0.15, 0.2) is 6.10 Å². The van der Waals surface area contributed by atoms with Crippen LogP contribution in [0.5, 0.6) is 0 Å². The molecular formula is C23H29N5O2. The number of nitrogens with two attached hydrogens (primary N) is 1. The second-order valence-corrected chi connectivity index (χ2v) is 8.91. The number of hydrogen-bond acceptors (Lipinski definition) is 6. The number of aryl methyl sites for hydroxylation is 1. The molecule has 1 aromatic heterocycles. The molecule has 158 valence electrons. The van der Waals surface area contributed by atoms with Crippen molar-refractivity contribution in [3.8, 4) is 0 Å². The summed E-state index contributed by atoms with van der Waals surface area (Å²) in [4.78, 5) is 23.6. The summed E-state index contributed by atoms with van der Waals surface area (Å²) < 4.78 is 5.40. The number of piperidine rings is 1. The number of primary amides is 1. The molecule has 1 saturated heterocycles. The Kier molecular flexibility index (Phi) is 4.75. The number of nitrogens with one attached hydrogen (secondary N) is 1. The third kappa shape index (κ3) is 2.91. The van der Waals surface area contributed by atoms with E-state index in [0.717, 1.165) is 56.7 Å². The Hall–Kier alpha value is -2.51. The second kappa shape index (κ2) is 7.32. The number of nitrogens with zero attached hydrogens (tertiary/aromatic N) is 3. The molecule has 2 aromatic rings. The number of anilines is 2. The molecule has 1 aromatic carbocycles. The molecule has 7 nitrogen and oxygen atoms in total. The van der Waals surface area contributed by atoms with Crippen LogP contribution >= 0.6 is 0 Å². The van der Waals surface area contributed by atoms with Crippen LogP contribution in [0.3, 0.4) is 0 Å². The zero-order chi connectivity index (χ0) is 20.9. The van der Waals surface area contributed by atoms with E-state index in [1.165, 1.54) is 29.6 Å². The molecular weight excluding hydrogens is 378 g/mol. The molecule has 5 rings (SSSR count). The van der Waals surface area contributed by atoms with E-state index in [0.29, 0.717) is 5.92 Å². The summed E-state index contributed by atoms with van der Waals surface area (Å²) in [5, 5.41) is 3.49. The van der Waals surface area contributed by atoms with Gasteiger partial charge in [0.25, 0.3) is 5.91 Å². The van der Waals surface area contributed by atoms with Gasteiger partial charge in [-0.15, -0.1) is 0 Å². The number of carbonyl (C=O) groups is 1. The third-order valence-electron chi connectivity index (χ3n) is 7.21. The maximum absolute atomic E-state index is 11.9. The average Bonchev–Trinajstić information content (AvgIpc) is 3.28. The highest BCUT2D eigenvalue weighted by molar-refractivity contribution is 5.81. The van der Waals surface area contributed by atoms with Crippen LogP contribution in [0.25, 0.3) is 0 Å². The summed E-state index contributed by atoms with van der Waals surface area (Å²) >= 11 is 0. The van der Waals surface area contributed by atoms with E-state index < -0.39 is 12.0 Å². The second-order valence-electron chi connectivity index (χ2n) is 8.91. The number of methoxy groups -OCH3 is 1. The van der Waals surface area contributed by atoms with Crippen molar-refractivity contribution in [2.24, 2.45) is 5.73 Å². The Bertz CT molecular complexity index is 986. The molecule has 2 atom stereocenters. The lowest BCUT2D eigenvalue weighted by Gasteiger charge is -2.35. The van der Waals surface area contributed by atoms with E-state index in [2.05, 4.69) is 34.3 Å². The number of carbonyl (C=O) groups excluding carboxylic acids is 1. The number of ether oxygens (including phenoxy) is 1. The molecule has 0 bridgehead atoms. The Morgan fingerprint density at radius 1 is 1.33 bits per heavy atom. The van der Waals surface area contributed by atoms with Crippen molar-refractivity contribution in [1.29, 1.82) is 0 Å². The minimum atomic E-state index is -0.730. The maximum atomic E-state index is 11.9. The molecule has 1 spiro atoms. The first-order valence-electron chi connectivity index (χ1n) is 10.8. The quantitative estimate of drug-likeness (QED) is 0.809. The topological polar surface area (TPSA) is 93.4 Å². The smallest absolute Gasteiger partial charge is 0.251 e. The van der Waals surface area contributed by atoms with Gasteiger partial charge in [0.05, 0.1) is 0 Å². The van der Waals surface area contributed by atoms with Gasteiger partial charge in [-0.1, -0.05) is 13.0 Å². The largest absolute Gasteiger partial charge is 0.367 e. The van der Waals surface area contributed by atoms with E-state index >= 15 is 0 Å². The summed E-state index contributed by atoms with van der Waals surface area (Å²) in [5.74, 6) is 1.05. The molecule has 3 heterocycles. The lowest BCUT2D eigenvalue weighted by Crippen LogP contribution is -2.42. The standard InChI is InChI=1S/C23H29N5O2/c1-14-3-5-17-19(14)22(27-13-26-17)28-12-23(7-9-25-10-8-23)16-11-15(4-6-18(16)28)20(30-2)21(24)29/h4,6,11,13-14,20,25H,3,5,7-10,12H2,1-2H3,(H2,24,29). The van der Waals surface area contributed by atoms with Crippen LogP contribution in [0, 0.1) is 0 Å². The van der Waals surface area contributed by atoms with Crippen molar-refractivity contribution in [3.05, 3.63) is 46.9 Å². The number of rotatable bonds is 4. The minimum Gasteiger partial charge on any atom is -0.367 e. The maximum Gasteiger partial charge on any atom is 0.251 e. The van der Waals surface area contributed by atoms with Crippen molar-refractivity contribution in [2.75, 3.05) is 31.6 Å². The molecule has 0 radical (unpaired) electrons. The van der Waals surface area contributed by atoms with Gasteiger partial charge in [-0.2, -0.15) is 0 Å². The van der Waals surface area contributed by atoms with Crippen LogP contribution in [-0.2, 0) is 21.4 Å². The van der Waals surface area contributed by atoms with Gasteiger partial charge in [0.1, 0.15) is 12.1 Å². The van der Waals surface area contributed by atoms with Gasteiger partial charge in [-0.3, -0.25) is 4.79 Å². The fourth-order valence-corrected chi connectivity index (χ4v) is 5.63. The number of aromatic nitrogens is 2. The number of fused-ring (bicyclic) bond motifs is 3. The first kappa shape index (κ1) is 19.5. The van der Waals surface area contributed by atoms with Crippen molar-refractivity contribution < 1.29 is 9.53 Å². The number of benzene rings is 1. The van der Waals surface area contributed by atoms with Crippen LogP contribution in [0.15, 0.2) is 24.5 Å². The van der Waals surface area contributed by atoms with Gasteiger partial charge >= 0.3 is 0 Å². The van der Waals surface area contributed by atoms with Crippen LogP contribution < -0.4 is 16.0 Å². The molecule has 3 aliphatic rings. The van der Waals surface area contributed by atoms with Crippen LogP contribution in [0.4, 0.5) is 11.5 Å². The lowest BCUT2D eigenvalue weighted by molar-refractivity contribution is -0.128. The van der Waals surface area contributed by atoms with E-state index in [-0.39, 0.29) is 5.41 Å². The molecule has 3 N–H and O–H groups in total. The SMILES string of the molecule is COC(C(N)=O)c1ccc2c(c1)C1(CCNCC1)CN2c1ncnc2c1C(C)CC2. The lowest BCUT2D eigenvalue weighted by atomic mass is 9.74. The average molecular weight is 408 g/mol. The Morgan fingerprint density at radius 3 is 2.87 bits per heavy atom. The first-order chi connectivity index (χ1) is 14.5. The van der Waals surface area contributed by atoms with E-state index in [4.69, 9.17) is 15.5 Å². The normalized spacial score (nSPS) is 22.7. The Balaban J connectivity index is 1.64. The van der Waals surface area contributed by atoms with E-state index in [1.54, 1.807) is 6.33 Å². The summed E-state index contributed by atoms with van der Waals surface area (Å²) in [5.41, 5.74) is 11.4. The van der Waals surface area contributed by atoms with Gasteiger partial charge in [-0.05, 0) is 68.0 Å². The predicted octanol–water partition coefficient (Wildman–Crippen LogP) is 2.47. The Morgan fingerprint density at radius 2 is 2.13 bits per heavy atom. The molecule has 2 aliphatic heterocycles. The van der Waals surface area contributed by atoms with Crippen LogP contribution in [0.1, 0.15) is 60.6 Å². The van der Waals surface area contributed by atoms with Crippen LogP contribution in [-0.4, -0.2) is 42.6 Å². The highest BCUT2D eigenvalue weighted by Gasteiger charge is 2.45.